The summed E-state index contributed by atoms with van der Waals surface area (Å²) in [5.41, 5.74) is 7.25. The van der Waals surface area contributed by atoms with Gasteiger partial charge in [0.1, 0.15) is 5.82 Å². The summed E-state index contributed by atoms with van der Waals surface area (Å²) in [6, 6.07) is 7.28. The van der Waals surface area contributed by atoms with Gasteiger partial charge >= 0.3 is 6.55 Å². The summed E-state index contributed by atoms with van der Waals surface area (Å²) in [5, 5.41) is 0. The van der Waals surface area contributed by atoms with Crippen molar-refractivity contribution in [1.29, 1.82) is 0 Å². The Morgan fingerprint density at radius 1 is 1.16 bits per heavy atom. The van der Waals surface area contributed by atoms with Gasteiger partial charge in [0, 0.05) is 44.3 Å². The average molecular weight is 349 g/mol. The first-order valence-corrected chi connectivity index (χ1v) is 8.17. The van der Waals surface area contributed by atoms with Crippen molar-refractivity contribution in [2.75, 3.05) is 31.9 Å². The van der Waals surface area contributed by atoms with E-state index in [0.29, 0.717) is 50.7 Å². The van der Waals surface area contributed by atoms with Gasteiger partial charge in [0.25, 0.3) is 0 Å². The lowest BCUT2D eigenvalue weighted by Crippen LogP contribution is -2.49. The molecular formula is C17H21F2N5O. The second-order valence-corrected chi connectivity index (χ2v) is 6.10. The molecule has 0 saturated carbocycles. The molecule has 2 N–H and O–H groups in total. The lowest BCUT2D eigenvalue weighted by Gasteiger charge is -2.34. The number of nitrogen functional groups attached to an aromatic ring is 1. The van der Waals surface area contributed by atoms with Crippen LogP contribution in [0.25, 0.3) is 0 Å². The number of nitrogens with two attached hydrogens (primary N) is 1. The molecule has 0 spiro atoms. The third-order valence-electron chi connectivity index (χ3n) is 4.38. The fraction of sp³-hybridized carbons (Fsp3) is 0.412. The van der Waals surface area contributed by atoms with E-state index in [9.17, 15) is 13.6 Å². The number of anilines is 1. The van der Waals surface area contributed by atoms with Crippen LogP contribution < -0.4 is 5.73 Å². The lowest BCUT2D eigenvalue weighted by atomic mass is 10.1. The van der Waals surface area contributed by atoms with Crippen LogP contribution >= 0.6 is 0 Å². The predicted octanol–water partition coefficient (Wildman–Crippen LogP) is 1.75. The number of carbonyl (C=O) groups is 1. The standard InChI is InChI=1S/C17H21F2N5O/c18-17(19)24-6-5-21-15(24)12-22-7-9-23(10-8-22)16(25)11-13-1-3-14(20)4-2-13/h1-6,17H,7-12,20H2. The van der Waals surface area contributed by atoms with E-state index < -0.39 is 6.55 Å². The lowest BCUT2D eigenvalue weighted by molar-refractivity contribution is -0.132. The van der Waals surface area contributed by atoms with Gasteiger partial charge in [0.05, 0.1) is 13.0 Å². The Balaban J connectivity index is 1.50. The zero-order valence-corrected chi connectivity index (χ0v) is 13.8. The SMILES string of the molecule is Nc1ccc(CC(=O)N2CCN(Cc3nccn3C(F)F)CC2)cc1. The summed E-state index contributed by atoms with van der Waals surface area (Å²) in [4.78, 5) is 20.2. The highest BCUT2D eigenvalue weighted by Crippen LogP contribution is 2.15. The van der Waals surface area contributed by atoms with Gasteiger partial charge < -0.3 is 10.6 Å². The summed E-state index contributed by atoms with van der Waals surface area (Å²) in [7, 11) is 0. The van der Waals surface area contributed by atoms with Crippen molar-refractivity contribution in [3.63, 3.8) is 0 Å². The molecule has 25 heavy (non-hydrogen) atoms. The van der Waals surface area contributed by atoms with Gasteiger partial charge in [-0.05, 0) is 17.7 Å². The molecule has 1 fully saturated rings. The van der Waals surface area contributed by atoms with E-state index in [0.717, 1.165) is 10.1 Å². The van der Waals surface area contributed by atoms with Crippen molar-refractivity contribution in [2.45, 2.75) is 19.5 Å². The minimum Gasteiger partial charge on any atom is -0.399 e. The van der Waals surface area contributed by atoms with Crippen molar-refractivity contribution >= 4 is 11.6 Å². The van der Waals surface area contributed by atoms with Crippen LogP contribution in [0, 0.1) is 0 Å². The van der Waals surface area contributed by atoms with E-state index >= 15 is 0 Å². The maximum absolute atomic E-state index is 12.9. The van der Waals surface area contributed by atoms with Gasteiger partial charge in [-0.15, -0.1) is 0 Å². The zero-order valence-electron chi connectivity index (χ0n) is 13.8. The monoisotopic (exact) mass is 349 g/mol. The molecule has 3 rings (SSSR count). The summed E-state index contributed by atoms with van der Waals surface area (Å²) >= 11 is 0. The number of aromatic nitrogens is 2. The number of imidazole rings is 1. The van der Waals surface area contributed by atoms with Crippen LogP contribution in [0.2, 0.25) is 0 Å². The molecular weight excluding hydrogens is 328 g/mol. The fourth-order valence-corrected chi connectivity index (χ4v) is 2.92. The fourth-order valence-electron chi connectivity index (χ4n) is 2.92. The maximum atomic E-state index is 12.9. The van der Waals surface area contributed by atoms with Crippen molar-refractivity contribution < 1.29 is 13.6 Å². The van der Waals surface area contributed by atoms with E-state index in [2.05, 4.69) is 4.98 Å². The maximum Gasteiger partial charge on any atom is 0.319 e. The van der Waals surface area contributed by atoms with E-state index in [1.54, 1.807) is 12.1 Å². The van der Waals surface area contributed by atoms with E-state index in [4.69, 9.17) is 5.73 Å². The zero-order chi connectivity index (χ0) is 17.8. The van der Waals surface area contributed by atoms with Gasteiger partial charge in [-0.3, -0.25) is 14.3 Å². The Labute approximate surface area is 144 Å². The molecule has 2 aromatic rings. The highest BCUT2D eigenvalue weighted by molar-refractivity contribution is 5.79. The number of alkyl halides is 2. The summed E-state index contributed by atoms with van der Waals surface area (Å²) in [6.45, 7) is 0.233. The van der Waals surface area contributed by atoms with Crippen LogP contribution in [-0.2, 0) is 17.8 Å². The molecule has 0 radical (unpaired) electrons. The van der Waals surface area contributed by atoms with Gasteiger partial charge in [0.2, 0.25) is 5.91 Å². The smallest absolute Gasteiger partial charge is 0.319 e. The molecule has 134 valence electrons. The van der Waals surface area contributed by atoms with Crippen LogP contribution in [-0.4, -0.2) is 51.4 Å². The minimum absolute atomic E-state index is 0.0681. The summed E-state index contributed by atoms with van der Waals surface area (Å²) in [6.07, 6.45) is 3.01. The van der Waals surface area contributed by atoms with Crippen molar-refractivity contribution in [3.8, 4) is 0 Å². The van der Waals surface area contributed by atoms with Crippen LogP contribution in [0.3, 0.4) is 0 Å². The highest BCUT2D eigenvalue weighted by Gasteiger charge is 2.23. The molecule has 8 heteroatoms. The van der Waals surface area contributed by atoms with Crippen LogP contribution in [0.1, 0.15) is 17.9 Å². The summed E-state index contributed by atoms with van der Waals surface area (Å²) in [5.74, 6) is 0.412. The van der Waals surface area contributed by atoms with Crippen molar-refractivity contribution in [3.05, 3.63) is 48.0 Å². The largest absolute Gasteiger partial charge is 0.399 e. The van der Waals surface area contributed by atoms with Gasteiger partial charge in [-0.1, -0.05) is 12.1 Å². The molecule has 0 aliphatic carbocycles. The average Bonchev–Trinajstić information content (AvgIpc) is 3.06. The molecule has 0 bridgehead atoms. The van der Waals surface area contributed by atoms with E-state index in [1.165, 1.54) is 12.4 Å². The number of hydrogen-bond acceptors (Lipinski definition) is 4. The molecule has 1 amide bonds. The van der Waals surface area contributed by atoms with Crippen LogP contribution in [0.5, 0.6) is 0 Å². The first-order valence-electron chi connectivity index (χ1n) is 8.17. The predicted molar refractivity (Wildman–Crippen MR) is 89.9 cm³/mol. The summed E-state index contributed by atoms with van der Waals surface area (Å²) < 4.78 is 26.6. The molecule has 0 unspecified atom stereocenters. The van der Waals surface area contributed by atoms with Crippen LogP contribution in [0.15, 0.2) is 36.7 Å². The van der Waals surface area contributed by atoms with Crippen molar-refractivity contribution in [2.24, 2.45) is 0 Å². The van der Waals surface area contributed by atoms with Crippen LogP contribution in [0.4, 0.5) is 14.5 Å². The molecule has 1 aromatic carbocycles. The topological polar surface area (TPSA) is 67.4 Å². The molecule has 1 saturated heterocycles. The molecule has 1 aliphatic heterocycles. The molecule has 1 aliphatic rings. The number of piperazine rings is 1. The van der Waals surface area contributed by atoms with Crippen molar-refractivity contribution in [1.82, 2.24) is 19.4 Å². The first kappa shape index (κ1) is 17.3. The molecule has 6 nitrogen and oxygen atoms in total. The quantitative estimate of drug-likeness (QED) is 0.835. The number of hydrogen-bond donors (Lipinski definition) is 1. The normalized spacial score (nSPS) is 15.7. The Morgan fingerprint density at radius 3 is 2.48 bits per heavy atom. The van der Waals surface area contributed by atoms with E-state index in [-0.39, 0.29) is 5.91 Å². The Bertz CT molecular complexity index is 708. The second-order valence-electron chi connectivity index (χ2n) is 6.10. The third-order valence-corrected chi connectivity index (χ3v) is 4.38. The number of carbonyl (C=O) groups excluding carboxylic acids is 1. The Morgan fingerprint density at radius 2 is 1.84 bits per heavy atom. The number of halogens is 2. The Kier molecular flexibility index (Phi) is 5.28. The number of benzene rings is 1. The Hall–Kier alpha value is -2.48. The first-order chi connectivity index (χ1) is 12.0. The third kappa shape index (κ3) is 4.33. The number of rotatable bonds is 5. The van der Waals surface area contributed by atoms with E-state index in [1.807, 2.05) is 21.9 Å². The number of amides is 1. The minimum atomic E-state index is -2.58. The highest BCUT2D eigenvalue weighted by atomic mass is 19.3. The second kappa shape index (κ2) is 7.60. The molecule has 1 aromatic heterocycles. The van der Waals surface area contributed by atoms with Gasteiger partial charge in [-0.25, -0.2) is 4.98 Å². The van der Waals surface area contributed by atoms with Gasteiger partial charge in [-0.2, -0.15) is 8.78 Å². The molecule has 2 heterocycles. The number of nitrogens with zero attached hydrogens (tertiary/aromatic N) is 4. The van der Waals surface area contributed by atoms with Gasteiger partial charge in [0.15, 0.2) is 0 Å². The molecule has 0 atom stereocenters.